The summed E-state index contributed by atoms with van der Waals surface area (Å²) in [6, 6.07) is 4.37. The highest BCUT2D eigenvalue weighted by molar-refractivity contribution is 7.98. The van der Waals surface area contributed by atoms with Crippen LogP contribution in [0.25, 0.3) is 0 Å². The van der Waals surface area contributed by atoms with Crippen molar-refractivity contribution in [2.24, 2.45) is 0 Å². The van der Waals surface area contributed by atoms with Gasteiger partial charge in [0, 0.05) is 13.1 Å². The van der Waals surface area contributed by atoms with Crippen molar-refractivity contribution >= 4 is 29.2 Å². The van der Waals surface area contributed by atoms with Crippen LogP contribution in [0.3, 0.4) is 0 Å². The van der Waals surface area contributed by atoms with Gasteiger partial charge < -0.3 is 4.90 Å². The van der Waals surface area contributed by atoms with Crippen molar-refractivity contribution in [3.63, 3.8) is 0 Å². The Kier molecular flexibility index (Phi) is 5.91. The third-order valence-electron chi connectivity index (χ3n) is 2.60. The number of halogens is 1. The van der Waals surface area contributed by atoms with Crippen LogP contribution in [0, 0.1) is 0 Å². The van der Waals surface area contributed by atoms with E-state index in [0.717, 1.165) is 17.9 Å². The molecular weight excluding hydrogens is 242 g/mol. The van der Waals surface area contributed by atoms with Gasteiger partial charge in [0.05, 0.1) is 11.6 Å². The lowest BCUT2D eigenvalue weighted by molar-refractivity contribution is 0.656. The summed E-state index contributed by atoms with van der Waals surface area (Å²) in [6.07, 6.45) is 3.28. The highest BCUT2D eigenvalue weighted by atomic mass is 35.5. The maximum Gasteiger partial charge on any atom is 0.151 e. The first-order valence-corrected chi connectivity index (χ1v) is 7.22. The van der Waals surface area contributed by atoms with Crippen LogP contribution in [0.4, 0.5) is 5.82 Å². The first-order valence-electron chi connectivity index (χ1n) is 5.29. The average molecular weight is 260 g/mol. The van der Waals surface area contributed by atoms with E-state index in [0.29, 0.717) is 11.9 Å². The molecule has 1 aromatic rings. The predicted molar refractivity (Wildman–Crippen MR) is 72.5 cm³/mol. The predicted octanol–water partition coefficient (Wildman–Crippen LogP) is 2.79. The van der Waals surface area contributed by atoms with E-state index in [1.165, 1.54) is 5.75 Å². The van der Waals surface area contributed by atoms with Crippen LogP contribution in [0.1, 0.15) is 19.0 Å². The van der Waals surface area contributed by atoms with Gasteiger partial charge in [-0.15, -0.1) is 16.7 Å². The molecule has 0 bridgehead atoms. The lowest BCUT2D eigenvalue weighted by atomic mass is 10.2. The van der Waals surface area contributed by atoms with Crippen molar-refractivity contribution in [3.8, 4) is 0 Å². The van der Waals surface area contributed by atoms with Crippen LogP contribution in [0.2, 0.25) is 0 Å². The smallest absolute Gasteiger partial charge is 0.151 e. The molecule has 16 heavy (non-hydrogen) atoms. The fourth-order valence-electron chi connectivity index (χ4n) is 1.32. The Labute approximate surface area is 107 Å². The van der Waals surface area contributed by atoms with Gasteiger partial charge in [-0.25, -0.2) is 0 Å². The molecule has 1 heterocycles. The van der Waals surface area contributed by atoms with Crippen molar-refractivity contribution in [3.05, 3.63) is 17.8 Å². The van der Waals surface area contributed by atoms with Gasteiger partial charge in [0.2, 0.25) is 0 Å². The number of alkyl halides is 1. The third kappa shape index (κ3) is 3.83. The molecule has 0 N–H and O–H groups in total. The molecule has 0 spiro atoms. The lowest BCUT2D eigenvalue weighted by Crippen LogP contribution is -2.30. The Morgan fingerprint density at radius 2 is 2.19 bits per heavy atom. The van der Waals surface area contributed by atoms with E-state index < -0.39 is 0 Å². The minimum Gasteiger partial charge on any atom is -0.355 e. The van der Waals surface area contributed by atoms with Gasteiger partial charge in [-0.3, -0.25) is 0 Å². The van der Waals surface area contributed by atoms with Gasteiger partial charge in [-0.2, -0.15) is 16.9 Å². The summed E-state index contributed by atoms with van der Waals surface area (Å²) in [7, 11) is 2.05. The molecule has 0 saturated carbocycles. The number of hydrogen-bond donors (Lipinski definition) is 0. The first-order chi connectivity index (χ1) is 7.69. The zero-order valence-corrected chi connectivity index (χ0v) is 11.6. The molecule has 1 rings (SSSR count). The molecule has 1 atom stereocenters. The van der Waals surface area contributed by atoms with Crippen LogP contribution >= 0.6 is 23.4 Å². The van der Waals surface area contributed by atoms with Crippen molar-refractivity contribution in [1.29, 1.82) is 0 Å². The second-order valence-electron chi connectivity index (χ2n) is 3.76. The van der Waals surface area contributed by atoms with Crippen LogP contribution < -0.4 is 4.90 Å². The van der Waals surface area contributed by atoms with Crippen LogP contribution in [0.15, 0.2) is 12.1 Å². The lowest BCUT2D eigenvalue weighted by Gasteiger charge is -2.25. The number of nitrogens with zero attached hydrogens (tertiary/aromatic N) is 3. The Bertz CT molecular complexity index is 305. The third-order valence-corrected chi connectivity index (χ3v) is 3.52. The standard InChI is InChI=1S/C11H18ClN3S/c1-9(6-7-16-3)15(2)11-5-4-10(8-12)13-14-11/h4-5,9H,6-8H2,1-3H3. The summed E-state index contributed by atoms with van der Waals surface area (Å²) in [5, 5.41) is 8.22. The molecule has 0 aliphatic heterocycles. The van der Waals surface area contributed by atoms with Crippen molar-refractivity contribution in [2.75, 3.05) is 24.0 Å². The Balaban J connectivity index is 2.60. The van der Waals surface area contributed by atoms with Gasteiger partial charge in [0.15, 0.2) is 5.82 Å². The molecule has 1 aromatic heterocycles. The number of hydrogen-bond acceptors (Lipinski definition) is 4. The maximum atomic E-state index is 5.67. The average Bonchev–Trinajstić information content (AvgIpc) is 2.35. The fourth-order valence-corrected chi connectivity index (χ4v) is 2.04. The van der Waals surface area contributed by atoms with Gasteiger partial charge in [-0.05, 0) is 37.5 Å². The van der Waals surface area contributed by atoms with Gasteiger partial charge in [0.25, 0.3) is 0 Å². The quantitative estimate of drug-likeness (QED) is 0.735. The molecule has 0 amide bonds. The number of aromatic nitrogens is 2. The van der Waals surface area contributed by atoms with E-state index in [1.54, 1.807) is 0 Å². The normalized spacial score (nSPS) is 12.5. The van der Waals surface area contributed by atoms with E-state index in [2.05, 4.69) is 35.3 Å². The number of thioether (sulfide) groups is 1. The van der Waals surface area contributed by atoms with Crippen molar-refractivity contribution in [1.82, 2.24) is 10.2 Å². The molecule has 1 unspecified atom stereocenters. The molecule has 0 aliphatic carbocycles. The second-order valence-corrected chi connectivity index (χ2v) is 5.01. The highest BCUT2D eigenvalue weighted by Gasteiger charge is 2.11. The van der Waals surface area contributed by atoms with E-state index in [1.807, 2.05) is 23.9 Å². The number of rotatable bonds is 6. The largest absolute Gasteiger partial charge is 0.355 e. The Morgan fingerprint density at radius 3 is 2.69 bits per heavy atom. The molecule has 5 heteroatoms. The van der Waals surface area contributed by atoms with Crippen molar-refractivity contribution in [2.45, 2.75) is 25.3 Å². The topological polar surface area (TPSA) is 29.0 Å². The SMILES string of the molecule is CSCCC(C)N(C)c1ccc(CCl)nn1. The second kappa shape index (κ2) is 6.97. The van der Waals surface area contributed by atoms with Crippen molar-refractivity contribution < 1.29 is 0 Å². The summed E-state index contributed by atoms with van der Waals surface area (Å²) in [4.78, 5) is 2.15. The van der Waals surface area contributed by atoms with Crippen LogP contribution in [-0.4, -0.2) is 35.3 Å². The zero-order chi connectivity index (χ0) is 12.0. The van der Waals surface area contributed by atoms with Gasteiger partial charge in [0.1, 0.15) is 0 Å². The Hall–Kier alpha value is -0.480. The minimum atomic E-state index is 0.416. The molecular formula is C11H18ClN3S. The van der Waals surface area contributed by atoms with E-state index in [-0.39, 0.29) is 0 Å². The molecule has 0 aromatic carbocycles. The van der Waals surface area contributed by atoms with Crippen LogP contribution in [-0.2, 0) is 5.88 Å². The van der Waals surface area contributed by atoms with Gasteiger partial charge >= 0.3 is 0 Å². The minimum absolute atomic E-state index is 0.416. The van der Waals surface area contributed by atoms with Crippen LogP contribution in [0.5, 0.6) is 0 Å². The molecule has 0 aliphatic rings. The summed E-state index contributed by atoms with van der Waals surface area (Å²) >= 11 is 7.54. The fraction of sp³-hybridized carbons (Fsp3) is 0.636. The van der Waals surface area contributed by atoms with Gasteiger partial charge in [-0.1, -0.05) is 0 Å². The van der Waals surface area contributed by atoms with E-state index in [4.69, 9.17) is 11.6 Å². The van der Waals surface area contributed by atoms with E-state index >= 15 is 0 Å². The zero-order valence-electron chi connectivity index (χ0n) is 9.98. The highest BCUT2D eigenvalue weighted by Crippen LogP contribution is 2.14. The molecule has 0 radical (unpaired) electrons. The summed E-state index contributed by atoms with van der Waals surface area (Å²) in [5.41, 5.74) is 0.815. The number of anilines is 1. The Morgan fingerprint density at radius 1 is 1.44 bits per heavy atom. The molecule has 90 valence electrons. The maximum absolute atomic E-state index is 5.67. The monoisotopic (exact) mass is 259 g/mol. The first kappa shape index (κ1) is 13.6. The summed E-state index contributed by atoms with van der Waals surface area (Å²) < 4.78 is 0. The van der Waals surface area contributed by atoms with E-state index in [9.17, 15) is 0 Å². The molecule has 3 nitrogen and oxygen atoms in total. The molecule has 0 saturated heterocycles. The summed E-state index contributed by atoms with van der Waals surface area (Å²) in [6.45, 7) is 2.20. The summed E-state index contributed by atoms with van der Waals surface area (Å²) in [5.74, 6) is 2.49. The molecule has 0 fully saturated rings.